The number of rotatable bonds is 8. The van der Waals surface area contributed by atoms with Crippen molar-refractivity contribution in [1.29, 1.82) is 0 Å². The molecule has 32 heavy (non-hydrogen) atoms. The number of aryl methyl sites for hydroxylation is 1. The molecular weight excluding hydrogens is 492 g/mol. The molecule has 7 nitrogen and oxygen atoms in total. The lowest BCUT2D eigenvalue weighted by Gasteiger charge is -2.08. The second-order valence-electron chi connectivity index (χ2n) is 7.00. The van der Waals surface area contributed by atoms with Crippen LogP contribution in [0.15, 0.2) is 69.2 Å². The molecule has 2 aromatic carbocycles. The van der Waals surface area contributed by atoms with Gasteiger partial charge < -0.3 is 14.5 Å². The Morgan fingerprint density at radius 1 is 1.31 bits per heavy atom. The predicted octanol–water partition coefficient (Wildman–Crippen LogP) is 5.69. The molecular formula is C23H21BrN4O3S. The predicted molar refractivity (Wildman–Crippen MR) is 130 cm³/mol. The fourth-order valence-corrected chi connectivity index (χ4v) is 4.22. The van der Waals surface area contributed by atoms with Gasteiger partial charge in [0.2, 0.25) is 11.7 Å². The van der Waals surface area contributed by atoms with E-state index in [0.717, 1.165) is 21.1 Å². The molecule has 0 spiro atoms. The highest BCUT2D eigenvalue weighted by Crippen LogP contribution is 2.34. The van der Waals surface area contributed by atoms with E-state index in [1.54, 1.807) is 13.2 Å². The van der Waals surface area contributed by atoms with Crippen LogP contribution >= 0.6 is 27.7 Å². The summed E-state index contributed by atoms with van der Waals surface area (Å²) in [5.74, 6) is 1.85. The minimum atomic E-state index is -0.125. The Bertz CT molecular complexity index is 1300. The fraction of sp³-hybridized carbons (Fsp3) is 0.174. The fourth-order valence-electron chi connectivity index (χ4n) is 3.23. The highest BCUT2D eigenvalue weighted by molar-refractivity contribution is 9.10. The molecule has 1 amide bonds. The summed E-state index contributed by atoms with van der Waals surface area (Å²) in [5.41, 5.74) is 2.45. The van der Waals surface area contributed by atoms with E-state index in [4.69, 9.17) is 9.15 Å². The van der Waals surface area contributed by atoms with Crippen molar-refractivity contribution in [3.63, 3.8) is 0 Å². The van der Waals surface area contributed by atoms with E-state index in [-0.39, 0.29) is 11.7 Å². The Hall–Kier alpha value is -3.04. The third-order valence-corrected chi connectivity index (χ3v) is 6.61. The molecule has 0 atom stereocenters. The average molecular weight is 513 g/mol. The van der Waals surface area contributed by atoms with Crippen LogP contribution in [0.2, 0.25) is 0 Å². The number of ether oxygens (including phenoxy) is 1. The molecule has 0 aliphatic heterocycles. The van der Waals surface area contributed by atoms with Crippen molar-refractivity contribution in [2.45, 2.75) is 18.6 Å². The van der Waals surface area contributed by atoms with Crippen LogP contribution in [0.3, 0.4) is 0 Å². The molecule has 2 heterocycles. The topological polar surface area (TPSA) is 82.2 Å². The molecule has 2 aromatic heterocycles. The summed E-state index contributed by atoms with van der Waals surface area (Å²) in [6.45, 7) is 6.28. The van der Waals surface area contributed by atoms with Crippen molar-refractivity contribution < 1.29 is 13.9 Å². The van der Waals surface area contributed by atoms with Crippen molar-refractivity contribution in [2.24, 2.45) is 0 Å². The smallest absolute Gasteiger partial charge is 0.234 e. The van der Waals surface area contributed by atoms with Crippen molar-refractivity contribution in [2.75, 3.05) is 18.2 Å². The zero-order valence-electron chi connectivity index (χ0n) is 17.6. The first-order valence-electron chi connectivity index (χ1n) is 9.80. The maximum atomic E-state index is 12.5. The lowest BCUT2D eigenvalue weighted by Crippen LogP contribution is -2.14. The number of furan rings is 1. The number of benzene rings is 2. The summed E-state index contributed by atoms with van der Waals surface area (Å²) >= 11 is 4.77. The van der Waals surface area contributed by atoms with Gasteiger partial charge in [0, 0.05) is 22.1 Å². The molecule has 0 aliphatic rings. The molecule has 0 aliphatic carbocycles. The molecule has 4 aromatic rings. The molecule has 0 unspecified atom stereocenters. The number of carbonyl (C=O) groups excluding carboxylic acids is 1. The number of fused-ring (bicyclic) bond motifs is 1. The number of para-hydroxylation sites is 1. The summed E-state index contributed by atoms with van der Waals surface area (Å²) in [5, 5.41) is 13.0. The quantitative estimate of drug-likeness (QED) is 0.241. The van der Waals surface area contributed by atoms with Crippen molar-refractivity contribution in [1.82, 2.24) is 14.8 Å². The number of nitrogens with one attached hydrogen (secondary N) is 1. The van der Waals surface area contributed by atoms with E-state index in [9.17, 15) is 4.79 Å². The van der Waals surface area contributed by atoms with E-state index in [1.807, 2.05) is 54.0 Å². The third kappa shape index (κ3) is 4.58. The number of amides is 1. The maximum absolute atomic E-state index is 12.5. The average Bonchev–Trinajstić information content (AvgIpc) is 3.39. The minimum absolute atomic E-state index is 0.125. The highest BCUT2D eigenvalue weighted by Gasteiger charge is 2.19. The Kier molecular flexibility index (Phi) is 6.66. The van der Waals surface area contributed by atoms with Crippen LogP contribution in [-0.4, -0.2) is 33.5 Å². The van der Waals surface area contributed by atoms with Crippen LogP contribution in [0.4, 0.5) is 5.69 Å². The second kappa shape index (κ2) is 9.62. The number of nitrogens with zero attached hydrogens (tertiary/aromatic N) is 3. The number of halogens is 1. The first-order chi connectivity index (χ1) is 15.5. The van der Waals surface area contributed by atoms with Gasteiger partial charge >= 0.3 is 0 Å². The molecule has 1 N–H and O–H groups in total. The van der Waals surface area contributed by atoms with Crippen LogP contribution in [-0.2, 0) is 11.3 Å². The van der Waals surface area contributed by atoms with Crippen LogP contribution in [0.1, 0.15) is 5.56 Å². The zero-order valence-corrected chi connectivity index (χ0v) is 20.0. The Balaban J connectivity index is 1.53. The molecule has 0 fully saturated rings. The molecule has 0 saturated heterocycles. The molecule has 0 bridgehead atoms. The summed E-state index contributed by atoms with van der Waals surface area (Å²) in [6.07, 6.45) is 1.75. The van der Waals surface area contributed by atoms with Crippen molar-refractivity contribution >= 4 is 50.3 Å². The lowest BCUT2D eigenvalue weighted by atomic mass is 10.2. The monoisotopic (exact) mass is 512 g/mol. The van der Waals surface area contributed by atoms with Gasteiger partial charge in [-0.05, 0) is 42.8 Å². The number of anilines is 1. The minimum Gasteiger partial charge on any atom is -0.493 e. The van der Waals surface area contributed by atoms with Gasteiger partial charge in [-0.3, -0.25) is 9.36 Å². The van der Waals surface area contributed by atoms with E-state index in [2.05, 4.69) is 38.0 Å². The third-order valence-electron chi connectivity index (χ3n) is 4.75. The number of carbonyl (C=O) groups is 1. The van der Waals surface area contributed by atoms with Crippen LogP contribution in [0.5, 0.6) is 5.75 Å². The summed E-state index contributed by atoms with van der Waals surface area (Å²) in [4.78, 5) is 12.5. The molecule has 4 rings (SSSR count). The summed E-state index contributed by atoms with van der Waals surface area (Å²) < 4.78 is 14.3. The van der Waals surface area contributed by atoms with Crippen LogP contribution in [0.25, 0.3) is 22.6 Å². The number of methoxy groups -OCH3 is 1. The van der Waals surface area contributed by atoms with Crippen molar-refractivity contribution in [3.8, 4) is 17.3 Å². The number of thioether (sulfide) groups is 1. The van der Waals surface area contributed by atoms with Gasteiger partial charge in [-0.2, -0.15) is 0 Å². The Morgan fingerprint density at radius 2 is 2.16 bits per heavy atom. The van der Waals surface area contributed by atoms with Gasteiger partial charge in [-0.15, -0.1) is 16.8 Å². The van der Waals surface area contributed by atoms with Gasteiger partial charge in [0.05, 0.1) is 12.9 Å². The van der Waals surface area contributed by atoms with Crippen LogP contribution < -0.4 is 10.1 Å². The largest absolute Gasteiger partial charge is 0.493 e. The molecule has 164 valence electrons. The van der Waals surface area contributed by atoms with Gasteiger partial charge in [0.1, 0.15) is 0 Å². The van der Waals surface area contributed by atoms with Gasteiger partial charge in [0.15, 0.2) is 22.2 Å². The highest BCUT2D eigenvalue weighted by atomic mass is 79.9. The van der Waals surface area contributed by atoms with Gasteiger partial charge in [-0.1, -0.05) is 45.9 Å². The Labute approximate surface area is 198 Å². The lowest BCUT2D eigenvalue weighted by molar-refractivity contribution is -0.113. The van der Waals surface area contributed by atoms with E-state index >= 15 is 0 Å². The first kappa shape index (κ1) is 22.2. The molecule has 0 radical (unpaired) electrons. The number of aromatic nitrogens is 3. The van der Waals surface area contributed by atoms with E-state index in [1.165, 1.54) is 11.8 Å². The van der Waals surface area contributed by atoms with Crippen LogP contribution in [0, 0.1) is 6.92 Å². The Morgan fingerprint density at radius 3 is 2.91 bits per heavy atom. The van der Waals surface area contributed by atoms with E-state index in [0.29, 0.717) is 34.6 Å². The SMILES string of the molecule is C=CCn1c(SCC(=O)Nc2ccc(Br)c(C)c2)nnc1-c1cc2cccc(OC)c2o1. The maximum Gasteiger partial charge on any atom is 0.234 e. The number of hydrogen-bond donors (Lipinski definition) is 1. The number of hydrogen-bond acceptors (Lipinski definition) is 6. The van der Waals surface area contributed by atoms with E-state index < -0.39 is 0 Å². The number of allylic oxidation sites excluding steroid dienone is 1. The second-order valence-corrected chi connectivity index (χ2v) is 8.79. The van der Waals surface area contributed by atoms with Gasteiger partial charge in [0.25, 0.3) is 0 Å². The molecule has 9 heteroatoms. The first-order valence-corrected chi connectivity index (χ1v) is 11.6. The summed E-state index contributed by atoms with van der Waals surface area (Å²) in [6, 6.07) is 13.3. The summed E-state index contributed by atoms with van der Waals surface area (Å²) in [7, 11) is 1.60. The van der Waals surface area contributed by atoms with Gasteiger partial charge in [-0.25, -0.2) is 0 Å². The molecule has 0 saturated carbocycles. The zero-order chi connectivity index (χ0) is 22.7. The van der Waals surface area contributed by atoms with Crippen molar-refractivity contribution in [3.05, 3.63) is 65.2 Å². The standard InChI is InChI=1S/C23H21BrN4O3S/c1-4-10-28-22(19-12-15-6-5-7-18(30-3)21(15)31-19)26-27-23(28)32-13-20(29)25-16-8-9-17(24)14(2)11-16/h4-9,11-12H,1,10,13H2,2-3H3,(H,25,29). The normalized spacial score (nSPS) is 11.0.